The van der Waals surface area contributed by atoms with Crippen molar-refractivity contribution in [2.75, 3.05) is 23.8 Å². The van der Waals surface area contributed by atoms with Gasteiger partial charge >= 0.3 is 0 Å². The third kappa shape index (κ3) is 3.59. The number of carbonyl (C=O) groups is 1. The summed E-state index contributed by atoms with van der Waals surface area (Å²) in [5.74, 6) is 5.93. The number of nitrogens with zero attached hydrogens (tertiary/aromatic N) is 2. The number of amides is 1. The van der Waals surface area contributed by atoms with Crippen LogP contribution in [0.3, 0.4) is 0 Å². The number of aromatic nitrogens is 1. The molecule has 18 heavy (non-hydrogen) atoms. The zero-order chi connectivity index (χ0) is 13.5. The molecule has 100 valence electrons. The zero-order valence-electron chi connectivity index (χ0n) is 11.1. The van der Waals surface area contributed by atoms with Crippen LogP contribution < -0.4 is 16.6 Å². The zero-order valence-corrected chi connectivity index (χ0v) is 11.1. The van der Waals surface area contributed by atoms with Crippen molar-refractivity contribution in [2.45, 2.75) is 26.8 Å². The molecular weight excluding hydrogens is 230 g/mol. The lowest BCUT2D eigenvalue weighted by atomic mass is 10.2. The Balaban J connectivity index is 2.68. The first kappa shape index (κ1) is 14.2. The van der Waals surface area contributed by atoms with Crippen LogP contribution >= 0.6 is 0 Å². The summed E-state index contributed by atoms with van der Waals surface area (Å²) in [7, 11) is 0. The Morgan fingerprint density at radius 3 is 2.72 bits per heavy atom. The van der Waals surface area contributed by atoms with Crippen molar-refractivity contribution in [3.8, 4) is 0 Å². The van der Waals surface area contributed by atoms with Crippen LogP contribution in [0, 0.1) is 0 Å². The lowest BCUT2D eigenvalue weighted by molar-refractivity contribution is -0.131. The number of hydrogen-bond acceptors (Lipinski definition) is 5. The topological polar surface area (TPSA) is 83.3 Å². The van der Waals surface area contributed by atoms with Gasteiger partial charge in [-0.3, -0.25) is 4.79 Å². The van der Waals surface area contributed by atoms with E-state index >= 15 is 0 Å². The Morgan fingerprint density at radius 2 is 2.17 bits per heavy atom. The summed E-state index contributed by atoms with van der Waals surface area (Å²) in [6, 6.07) is 3.27. The SMILES string of the molecule is CCN(CC)C(=O)C(C)Nc1ccnc(NN)c1. The first-order chi connectivity index (χ1) is 8.62. The molecule has 1 aromatic heterocycles. The maximum atomic E-state index is 12.1. The first-order valence-electron chi connectivity index (χ1n) is 6.10. The molecule has 1 unspecified atom stereocenters. The van der Waals surface area contributed by atoms with Crippen molar-refractivity contribution >= 4 is 17.4 Å². The Labute approximate surface area is 108 Å². The molecule has 1 atom stereocenters. The van der Waals surface area contributed by atoms with E-state index in [-0.39, 0.29) is 11.9 Å². The van der Waals surface area contributed by atoms with Crippen molar-refractivity contribution in [1.29, 1.82) is 0 Å². The number of nitrogens with one attached hydrogen (secondary N) is 2. The molecule has 0 aromatic carbocycles. The van der Waals surface area contributed by atoms with Gasteiger partial charge in [-0.2, -0.15) is 0 Å². The molecule has 1 rings (SSSR count). The predicted molar refractivity (Wildman–Crippen MR) is 73.1 cm³/mol. The van der Waals surface area contributed by atoms with Gasteiger partial charge in [-0.15, -0.1) is 0 Å². The maximum Gasteiger partial charge on any atom is 0.244 e. The molecule has 0 aliphatic carbocycles. The fourth-order valence-corrected chi connectivity index (χ4v) is 1.72. The number of likely N-dealkylation sites (N-methyl/N-ethyl adjacent to an activating group) is 1. The highest BCUT2D eigenvalue weighted by Crippen LogP contribution is 2.12. The minimum Gasteiger partial charge on any atom is -0.374 e. The molecular formula is C12H21N5O. The molecule has 0 aliphatic heterocycles. The molecule has 4 N–H and O–H groups in total. The highest BCUT2D eigenvalue weighted by Gasteiger charge is 2.17. The third-order valence-electron chi connectivity index (χ3n) is 2.74. The number of hydrogen-bond donors (Lipinski definition) is 3. The average molecular weight is 251 g/mol. The largest absolute Gasteiger partial charge is 0.374 e. The van der Waals surface area contributed by atoms with Crippen molar-refractivity contribution < 1.29 is 4.79 Å². The highest BCUT2D eigenvalue weighted by molar-refractivity contribution is 5.84. The fraction of sp³-hybridized carbons (Fsp3) is 0.500. The van der Waals surface area contributed by atoms with Gasteiger partial charge in [0.15, 0.2) is 0 Å². The van der Waals surface area contributed by atoms with E-state index in [0.717, 1.165) is 5.69 Å². The summed E-state index contributed by atoms with van der Waals surface area (Å²) in [6.45, 7) is 7.21. The van der Waals surface area contributed by atoms with Crippen LogP contribution in [0.5, 0.6) is 0 Å². The minimum atomic E-state index is -0.280. The fourth-order valence-electron chi connectivity index (χ4n) is 1.72. The monoisotopic (exact) mass is 251 g/mol. The molecule has 0 saturated heterocycles. The molecule has 0 spiro atoms. The molecule has 1 amide bonds. The number of rotatable bonds is 6. The number of nitrogens with two attached hydrogens (primary N) is 1. The van der Waals surface area contributed by atoms with E-state index in [9.17, 15) is 4.79 Å². The quantitative estimate of drug-likeness (QED) is 0.519. The van der Waals surface area contributed by atoms with Gasteiger partial charge in [0.25, 0.3) is 0 Å². The lowest BCUT2D eigenvalue weighted by Gasteiger charge is -2.24. The number of anilines is 2. The highest BCUT2D eigenvalue weighted by atomic mass is 16.2. The van der Waals surface area contributed by atoms with Gasteiger partial charge in [0.1, 0.15) is 11.9 Å². The Kier molecular flexibility index (Phi) is 5.38. The summed E-state index contributed by atoms with van der Waals surface area (Å²) in [4.78, 5) is 17.9. The van der Waals surface area contributed by atoms with Gasteiger partial charge in [0.2, 0.25) is 5.91 Å². The van der Waals surface area contributed by atoms with Gasteiger partial charge in [-0.05, 0) is 26.8 Å². The molecule has 0 aliphatic rings. The minimum absolute atomic E-state index is 0.0825. The van der Waals surface area contributed by atoms with Crippen molar-refractivity contribution in [1.82, 2.24) is 9.88 Å². The van der Waals surface area contributed by atoms with E-state index in [2.05, 4.69) is 15.7 Å². The summed E-state index contributed by atoms with van der Waals surface area (Å²) >= 11 is 0. The maximum absolute atomic E-state index is 12.1. The number of carbonyl (C=O) groups excluding carboxylic acids is 1. The van der Waals surface area contributed by atoms with Gasteiger partial charge in [0.05, 0.1) is 0 Å². The molecule has 1 aromatic rings. The normalized spacial score (nSPS) is 11.8. The molecule has 6 heteroatoms. The smallest absolute Gasteiger partial charge is 0.244 e. The van der Waals surface area contributed by atoms with Crippen LogP contribution in [0.1, 0.15) is 20.8 Å². The van der Waals surface area contributed by atoms with Crippen LogP contribution in [0.2, 0.25) is 0 Å². The number of nitrogen functional groups attached to an aromatic ring is 1. The lowest BCUT2D eigenvalue weighted by Crippen LogP contribution is -2.41. The molecule has 6 nitrogen and oxygen atoms in total. The third-order valence-corrected chi connectivity index (χ3v) is 2.74. The molecule has 0 fully saturated rings. The summed E-state index contributed by atoms with van der Waals surface area (Å²) in [5, 5.41) is 3.14. The van der Waals surface area contributed by atoms with Crippen molar-refractivity contribution in [3.05, 3.63) is 18.3 Å². The molecule has 0 bridgehead atoms. The van der Waals surface area contributed by atoms with E-state index in [4.69, 9.17) is 5.84 Å². The van der Waals surface area contributed by atoms with E-state index < -0.39 is 0 Å². The first-order valence-corrected chi connectivity index (χ1v) is 6.10. The van der Waals surface area contributed by atoms with Crippen molar-refractivity contribution in [2.24, 2.45) is 5.84 Å². The standard InChI is InChI=1S/C12H21N5O/c1-4-17(5-2)12(18)9(3)15-10-6-7-14-11(8-10)16-13/h6-9H,4-5,13H2,1-3H3,(H2,14,15,16). The second kappa shape index (κ2) is 6.80. The molecule has 0 radical (unpaired) electrons. The Hall–Kier alpha value is -1.82. The van der Waals surface area contributed by atoms with Crippen LogP contribution in [0.15, 0.2) is 18.3 Å². The van der Waals surface area contributed by atoms with E-state index in [1.54, 1.807) is 23.2 Å². The second-order valence-corrected chi connectivity index (χ2v) is 3.95. The molecule has 0 saturated carbocycles. The summed E-state index contributed by atoms with van der Waals surface area (Å²) in [5.41, 5.74) is 3.28. The Morgan fingerprint density at radius 1 is 1.50 bits per heavy atom. The number of pyridine rings is 1. The van der Waals surface area contributed by atoms with Crippen molar-refractivity contribution in [3.63, 3.8) is 0 Å². The van der Waals surface area contributed by atoms with Gasteiger partial charge in [-0.1, -0.05) is 0 Å². The van der Waals surface area contributed by atoms with Crippen LogP contribution in [-0.2, 0) is 4.79 Å². The second-order valence-electron chi connectivity index (χ2n) is 3.95. The predicted octanol–water partition coefficient (Wildman–Crippen LogP) is 1.04. The summed E-state index contributed by atoms with van der Waals surface area (Å²) < 4.78 is 0. The number of hydrazine groups is 1. The van der Waals surface area contributed by atoms with Crippen LogP contribution in [0.4, 0.5) is 11.5 Å². The van der Waals surface area contributed by atoms with E-state index in [1.165, 1.54) is 0 Å². The average Bonchev–Trinajstić information content (AvgIpc) is 2.40. The Bertz CT molecular complexity index is 392. The van der Waals surface area contributed by atoms with Crippen LogP contribution in [0.25, 0.3) is 0 Å². The summed E-state index contributed by atoms with van der Waals surface area (Å²) in [6.07, 6.45) is 1.63. The molecule has 1 heterocycles. The van der Waals surface area contributed by atoms with Gasteiger partial charge in [0, 0.05) is 31.0 Å². The van der Waals surface area contributed by atoms with Gasteiger partial charge < -0.3 is 15.6 Å². The van der Waals surface area contributed by atoms with E-state index in [1.807, 2.05) is 20.8 Å². The van der Waals surface area contributed by atoms with Gasteiger partial charge in [-0.25, -0.2) is 10.8 Å². The van der Waals surface area contributed by atoms with E-state index in [0.29, 0.717) is 18.9 Å². The van der Waals surface area contributed by atoms with Crippen LogP contribution in [-0.4, -0.2) is 34.9 Å².